The highest BCUT2D eigenvalue weighted by molar-refractivity contribution is 5.93. The molecule has 2 aromatic rings. The van der Waals surface area contributed by atoms with Gasteiger partial charge in [0.1, 0.15) is 12.2 Å². The Hall–Kier alpha value is -2.14. The first kappa shape index (κ1) is 18.2. The number of fused-ring (bicyclic) bond motifs is 1. The van der Waals surface area contributed by atoms with Gasteiger partial charge < -0.3 is 14.2 Å². The first-order valence-electron chi connectivity index (χ1n) is 8.53. The van der Waals surface area contributed by atoms with E-state index in [1.165, 1.54) is 0 Å². The molecule has 1 aromatic carbocycles. The molecule has 0 spiro atoms. The highest BCUT2D eigenvalue weighted by atomic mass is 16.5. The van der Waals surface area contributed by atoms with Gasteiger partial charge in [-0.3, -0.25) is 4.79 Å². The lowest BCUT2D eigenvalue weighted by molar-refractivity contribution is 0.0464. The fraction of sp³-hybridized carbons (Fsp3) is 0.474. The number of benzene rings is 1. The number of carbonyl (C=O) groups is 1. The Bertz CT molecular complexity index is 761. The summed E-state index contributed by atoms with van der Waals surface area (Å²) in [5.41, 5.74) is 0.635. The summed E-state index contributed by atoms with van der Waals surface area (Å²) in [6.45, 7) is 10.8. The van der Waals surface area contributed by atoms with E-state index in [-0.39, 0.29) is 23.8 Å². The summed E-state index contributed by atoms with van der Waals surface area (Å²) in [4.78, 5) is 27.3. The molecule has 0 saturated carbocycles. The molecule has 0 aliphatic carbocycles. The number of hydrogen-bond acceptors (Lipinski definition) is 4. The molecule has 0 fully saturated rings. The van der Waals surface area contributed by atoms with Gasteiger partial charge in [-0.15, -0.1) is 0 Å². The fourth-order valence-corrected chi connectivity index (χ4v) is 2.83. The van der Waals surface area contributed by atoms with Gasteiger partial charge in [0.15, 0.2) is 0 Å². The average Bonchev–Trinajstić information content (AvgIpc) is 2.57. The van der Waals surface area contributed by atoms with E-state index in [2.05, 4.69) is 18.7 Å². The molecule has 0 amide bonds. The van der Waals surface area contributed by atoms with Gasteiger partial charge in [-0.1, -0.05) is 32.0 Å². The Labute approximate surface area is 142 Å². The summed E-state index contributed by atoms with van der Waals surface area (Å²) in [6, 6.07) is 9.18. The van der Waals surface area contributed by atoms with E-state index in [1.54, 1.807) is 10.6 Å². The number of carbonyl (C=O) groups excluding carboxylic acids is 1. The Morgan fingerprint density at radius 2 is 1.88 bits per heavy atom. The number of esters is 1. The van der Waals surface area contributed by atoms with E-state index in [1.807, 2.05) is 38.1 Å². The van der Waals surface area contributed by atoms with E-state index in [9.17, 15) is 9.59 Å². The molecule has 5 nitrogen and oxygen atoms in total. The number of para-hydroxylation sites is 1. The normalized spacial score (nSPS) is 11.4. The number of pyridine rings is 1. The SMILES string of the molecule is CCN(CC)CCOC(=O)c1cc2ccccc2n(C(C)C)c1=O. The van der Waals surface area contributed by atoms with Gasteiger partial charge in [0.2, 0.25) is 0 Å². The first-order chi connectivity index (χ1) is 11.5. The van der Waals surface area contributed by atoms with Crippen molar-refractivity contribution in [1.29, 1.82) is 0 Å². The van der Waals surface area contributed by atoms with Crippen molar-refractivity contribution in [2.45, 2.75) is 33.7 Å². The predicted octanol–water partition coefficient (Wildman–Crippen LogP) is 3.08. The molecular weight excluding hydrogens is 304 g/mol. The van der Waals surface area contributed by atoms with Crippen LogP contribution in [0.25, 0.3) is 10.9 Å². The summed E-state index contributed by atoms with van der Waals surface area (Å²) in [7, 11) is 0. The lowest BCUT2D eigenvalue weighted by Crippen LogP contribution is -2.31. The molecule has 0 bridgehead atoms. The van der Waals surface area contributed by atoms with Gasteiger partial charge in [-0.05, 0) is 44.5 Å². The third-order valence-corrected chi connectivity index (χ3v) is 4.22. The second-order valence-corrected chi connectivity index (χ2v) is 6.05. The monoisotopic (exact) mass is 330 g/mol. The minimum atomic E-state index is -0.549. The highest BCUT2D eigenvalue weighted by Crippen LogP contribution is 2.17. The topological polar surface area (TPSA) is 51.5 Å². The average molecular weight is 330 g/mol. The van der Waals surface area contributed by atoms with E-state index in [4.69, 9.17) is 4.74 Å². The Morgan fingerprint density at radius 1 is 1.21 bits per heavy atom. The Kier molecular flexibility index (Phi) is 6.15. The summed E-state index contributed by atoms with van der Waals surface area (Å²) in [5.74, 6) is -0.549. The van der Waals surface area contributed by atoms with E-state index < -0.39 is 5.97 Å². The van der Waals surface area contributed by atoms with Crippen molar-refractivity contribution in [3.05, 3.63) is 46.2 Å². The smallest absolute Gasteiger partial charge is 0.343 e. The van der Waals surface area contributed by atoms with Crippen LogP contribution >= 0.6 is 0 Å². The number of likely N-dealkylation sites (N-methyl/N-ethyl adjacent to an activating group) is 1. The van der Waals surface area contributed by atoms with Crippen LogP contribution in [0.15, 0.2) is 35.1 Å². The van der Waals surface area contributed by atoms with Crippen molar-refractivity contribution in [3.63, 3.8) is 0 Å². The molecule has 0 atom stereocenters. The zero-order valence-electron chi connectivity index (χ0n) is 14.9. The van der Waals surface area contributed by atoms with Crippen LogP contribution in [-0.4, -0.2) is 41.7 Å². The number of rotatable bonds is 7. The number of hydrogen-bond donors (Lipinski definition) is 0. The zero-order valence-corrected chi connectivity index (χ0v) is 14.9. The molecular formula is C19H26N2O3. The maximum absolute atomic E-state index is 12.7. The van der Waals surface area contributed by atoms with Gasteiger partial charge in [0, 0.05) is 12.6 Å². The Morgan fingerprint density at radius 3 is 2.50 bits per heavy atom. The summed E-state index contributed by atoms with van der Waals surface area (Å²) in [5, 5.41) is 0.862. The van der Waals surface area contributed by atoms with Crippen molar-refractivity contribution in [3.8, 4) is 0 Å². The third-order valence-electron chi connectivity index (χ3n) is 4.22. The maximum Gasteiger partial charge on any atom is 0.343 e. The van der Waals surface area contributed by atoms with E-state index >= 15 is 0 Å². The quantitative estimate of drug-likeness (QED) is 0.732. The molecule has 0 saturated heterocycles. The minimum Gasteiger partial charge on any atom is -0.461 e. The van der Waals surface area contributed by atoms with Gasteiger partial charge in [0.25, 0.3) is 5.56 Å². The van der Waals surface area contributed by atoms with Crippen molar-refractivity contribution in [1.82, 2.24) is 9.47 Å². The molecule has 1 heterocycles. The molecule has 24 heavy (non-hydrogen) atoms. The first-order valence-corrected chi connectivity index (χ1v) is 8.53. The van der Waals surface area contributed by atoms with Crippen LogP contribution in [0.4, 0.5) is 0 Å². The van der Waals surface area contributed by atoms with E-state index in [0.717, 1.165) is 24.0 Å². The van der Waals surface area contributed by atoms with Crippen LogP contribution in [-0.2, 0) is 4.74 Å². The number of aromatic nitrogens is 1. The molecule has 1 aromatic heterocycles. The van der Waals surface area contributed by atoms with Crippen LogP contribution in [0.5, 0.6) is 0 Å². The Balaban J connectivity index is 2.30. The number of ether oxygens (including phenoxy) is 1. The molecule has 5 heteroatoms. The molecule has 0 aliphatic rings. The highest BCUT2D eigenvalue weighted by Gasteiger charge is 2.18. The van der Waals surface area contributed by atoms with Crippen LogP contribution in [0.2, 0.25) is 0 Å². The predicted molar refractivity (Wildman–Crippen MR) is 96.7 cm³/mol. The van der Waals surface area contributed by atoms with Gasteiger partial charge in [-0.25, -0.2) is 4.79 Å². The molecule has 0 N–H and O–H groups in total. The maximum atomic E-state index is 12.7. The zero-order chi connectivity index (χ0) is 17.7. The van der Waals surface area contributed by atoms with Crippen LogP contribution in [0.3, 0.4) is 0 Å². The molecule has 130 valence electrons. The van der Waals surface area contributed by atoms with E-state index in [0.29, 0.717) is 6.54 Å². The van der Waals surface area contributed by atoms with Crippen molar-refractivity contribution in [2.24, 2.45) is 0 Å². The van der Waals surface area contributed by atoms with Crippen LogP contribution in [0.1, 0.15) is 44.1 Å². The summed E-state index contributed by atoms with van der Waals surface area (Å²) >= 11 is 0. The second kappa shape index (κ2) is 8.11. The van der Waals surface area contributed by atoms with Gasteiger partial charge >= 0.3 is 5.97 Å². The molecule has 0 unspecified atom stereocenters. The third kappa shape index (κ3) is 3.85. The molecule has 2 rings (SSSR count). The summed E-state index contributed by atoms with van der Waals surface area (Å²) < 4.78 is 6.98. The van der Waals surface area contributed by atoms with Crippen molar-refractivity contribution < 1.29 is 9.53 Å². The van der Waals surface area contributed by atoms with Gasteiger partial charge in [0.05, 0.1) is 5.52 Å². The molecule has 0 radical (unpaired) electrons. The van der Waals surface area contributed by atoms with Gasteiger partial charge in [-0.2, -0.15) is 0 Å². The fourth-order valence-electron chi connectivity index (χ4n) is 2.83. The summed E-state index contributed by atoms with van der Waals surface area (Å²) in [6.07, 6.45) is 0. The number of nitrogens with zero attached hydrogens (tertiary/aromatic N) is 2. The van der Waals surface area contributed by atoms with Crippen molar-refractivity contribution in [2.75, 3.05) is 26.2 Å². The van der Waals surface area contributed by atoms with Crippen LogP contribution < -0.4 is 5.56 Å². The lowest BCUT2D eigenvalue weighted by Gasteiger charge is -2.18. The van der Waals surface area contributed by atoms with Crippen molar-refractivity contribution >= 4 is 16.9 Å². The minimum absolute atomic E-state index is 0.0363. The second-order valence-electron chi connectivity index (χ2n) is 6.05. The largest absolute Gasteiger partial charge is 0.461 e. The van der Waals surface area contributed by atoms with Crippen LogP contribution in [0, 0.1) is 0 Å². The molecule has 0 aliphatic heterocycles. The standard InChI is InChI=1S/C19H26N2O3/c1-5-20(6-2)11-12-24-19(23)16-13-15-9-7-8-10-17(15)21(14(3)4)18(16)22/h7-10,13-14H,5-6,11-12H2,1-4H3. The lowest BCUT2D eigenvalue weighted by atomic mass is 10.1.